The maximum Gasteiger partial charge on any atom is 0.162 e. The number of rotatable bonds is 4. The lowest BCUT2D eigenvalue weighted by molar-refractivity contribution is 0.0526. The lowest BCUT2D eigenvalue weighted by atomic mass is 9.64. The third-order valence-corrected chi connectivity index (χ3v) is 9.95. The lowest BCUT2D eigenvalue weighted by Crippen LogP contribution is -2.45. The summed E-state index contributed by atoms with van der Waals surface area (Å²) < 4.78 is 13.3. The van der Waals surface area contributed by atoms with Crippen LogP contribution >= 0.6 is 8.15 Å². The van der Waals surface area contributed by atoms with Gasteiger partial charge in [0.15, 0.2) is 6.73 Å². The van der Waals surface area contributed by atoms with E-state index in [1.54, 1.807) is 0 Å². The van der Waals surface area contributed by atoms with Crippen molar-refractivity contribution in [2.24, 2.45) is 17.8 Å². The standard InChI is InChI=1S/C31H32NO2P/c1-4-5-15-26(30-21(2)19-22(30)3)32-20-33-27-16-9-7-14-25(27)31(32)35-29-18-11-8-13-24(29)23-12-6-10-17-28(23)34-35/h4-18,21-22,30-31H,19-20H2,1-3H3/b5-4-,26-15+. The van der Waals surface area contributed by atoms with Gasteiger partial charge in [0.25, 0.3) is 0 Å². The summed E-state index contributed by atoms with van der Waals surface area (Å²) in [5.41, 5.74) is 5.05. The highest BCUT2D eigenvalue weighted by Gasteiger charge is 2.46. The monoisotopic (exact) mass is 481 g/mol. The molecule has 35 heavy (non-hydrogen) atoms. The summed E-state index contributed by atoms with van der Waals surface area (Å²) in [6.07, 6.45) is 7.90. The number of ether oxygens (including phenoxy) is 1. The normalized spacial score (nSPS) is 27.2. The zero-order valence-corrected chi connectivity index (χ0v) is 21.5. The molecule has 1 aliphatic carbocycles. The van der Waals surface area contributed by atoms with Crippen LogP contribution in [0.15, 0.2) is 96.7 Å². The minimum absolute atomic E-state index is 0.0703. The Morgan fingerprint density at radius 1 is 0.886 bits per heavy atom. The molecule has 3 aliphatic rings. The van der Waals surface area contributed by atoms with Crippen molar-refractivity contribution in [2.75, 3.05) is 6.73 Å². The molecule has 2 aliphatic heterocycles. The van der Waals surface area contributed by atoms with Gasteiger partial charge in [-0.15, -0.1) is 0 Å². The van der Waals surface area contributed by atoms with E-state index in [4.69, 9.17) is 9.26 Å². The highest BCUT2D eigenvalue weighted by molar-refractivity contribution is 7.62. The number of allylic oxidation sites excluding steroid dienone is 4. The van der Waals surface area contributed by atoms with Crippen molar-refractivity contribution in [3.05, 3.63) is 102 Å². The van der Waals surface area contributed by atoms with Crippen LogP contribution in [-0.2, 0) is 0 Å². The van der Waals surface area contributed by atoms with Gasteiger partial charge in [-0.3, -0.25) is 0 Å². The molecular weight excluding hydrogens is 449 g/mol. The number of hydrogen-bond acceptors (Lipinski definition) is 3. The van der Waals surface area contributed by atoms with Gasteiger partial charge in [-0.1, -0.05) is 86.7 Å². The second kappa shape index (κ2) is 9.21. The molecular formula is C31H32NO2P. The molecule has 3 aromatic rings. The maximum absolute atomic E-state index is 6.95. The van der Waals surface area contributed by atoms with Crippen LogP contribution in [0.2, 0.25) is 0 Å². The molecule has 0 bridgehead atoms. The molecule has 1 fully saturated rings. The van der Waals surface area contributed by atoms with E-state index in [1.165, 1.54) is 34.1 Å². The number of fused-ring (bicyclic) bond motifs is 4. The van der Waals surface area contributed by atoms with E-state index in [0.29, 0.717) is 24.5 Å². The van der Waals surface area contributed by atoms with E-state index in [2.05, 4.69) is 117 Å². The van der Waals surface area contributed by atoms with Gasteiger partial charge in [0.05, 0.1) is 0 Å². The molecule has 178 valence electrons. The molecule has 4 heteroatoms. The van der Waals surface area contributed by atoms with Gasteiger partial charge in [0, 0.05) is 28.0 Å². The first-order valence-electron chi connectivity index (χ1n) is 12.6. The van der Waals surface area contributed by atoms with Gasteiger partial charge in [-0.25, -0.2) is 0 Å². The highest BCUT2D eigenvalue weighted by Crippen LogP contribution is 2.62. The zero-order chi connectivity index (χ0) is 23.9. The van der Waals surface area contributed by atoms with Crippen LogP contribution < -0.4 is 14.6 Å². The number of benzene rings is 3. The quantitative estimate of drug-likeness (QED) is 0.280. The molecule has 0 aromatic heterocycles. The van der Waals surface area contributed by atoms with E-state index >= 15 is 0 Å². The van der Waals surface area contributed by atoms with Crippen molar-refractivity contribution in [3.8, 4) is 22.6 Å². The number of hydrogen-bond donors (Lipinski definition) is 0. The predicted octanol–water partition coefficient (Wildman–Crippen LogP) is 7.87. The van der Waals surface area contributed by atoms with E-state index in [0.717, 1.165) is 11.5 Å². The minimum Gasteiger partial charge on any atom is -0.473 e. The summed E-state index contributed by atoms with van der Waals surface area (Å²) in [4.78, 5) is 2.51. The second-order valence-electron chi connectivity index (χ2n) is 9.92. The fourth-order valence-electron chi connectivity index (χ4n) is 6.09. The summed E-state index contributed by atoms with van der Waals surface area (Å²) in [6, 6.07) is 25.8. The Bertz CT molecular complexity index is 1290. The topological polar surface area (TPSA) is 21.7 Å². The lowest BCUT2D eigenvalue weighted by Gasteiger charge is -2.50. The molecule has 1 saturated carbocycles. The molecule has 0 amide bonds. The van der Waals surface area contributed by atoms with Gasteiger partial charge in [-0.05, 0) is 49.0 Å². The van der Waals surface area contributed by atoms with Crippen molar-refractivity contribution < 1.29 is 9.26 Å². The first-order chi connectivity index (χ1) is 17.2. The van der Waals surface area contributed by atoms with Crippen molar-refractivity contribution >= 4 is 13.5 Å². The Balaban J connectivity index is 1.52. The van der Waals surface area contributed by atoms with Gasteiger partial charge in [0.1, 0.15) is 25.4 Å². The Labute approximate surface area is 209 Å². The fourth-order valence-corrected chi connectivity index (χ4v) is 8.51. The molecule has 3 nitrogen and oxygen atoms in total. The van der Waals surface area contributed by atoms with Crippen LogP contribution in [0.1, 0.15) is 38.5 Å². The van der Waals surface area contributed by atoms with Crippen LogP contribution in [0.5, 0.6) is 11.5 Å². The van der Waals surface area contributed by atoms with Crippen LogP contribution in [0.3, 0.4) is 0 Å². The van der Waals surface area contributed by atoms with Gasteiger partial charge >= 0.3 is 0 Å². The van der Waals surface area contributed by atoms with Gasteiger partial charge in [-0.2, -0.15) is 0 Å². The van der Waals surface area contributed by atoms with Gasteiger partial charge < -0.3 is 14.2 Å². The van der Waals surface area contributed by atoms with Crippen LogP contribution in [-0.4, -0.2) is 11.6 Å². The third kappa shape index (κ3) is 3.78. The predicted molar refractivity (Wildman–Crippen MR) is 145 cm³/mol. The molecule has 2 heterocycles. The van der Waals surface area contributed by atoms with Crippen molar-refractivity contribution in [1.82, 2.24) is 4.90 Å². The van der Waals surface area contributed by atoms with Crippen LogP contribution in [0.25, 0.3) is 11.1 Å². The van der Waals surface area contributed by atoms with E-state index in [1.807, 2.05) is 0 Å². The van der Waals surface area contributed by atoms with Gasteiger partial charge in [0.2, 0.25) is 0 Å². The molecule has 3 aromatic carbocycles. The van der Waals surface area contributed by atoms with E-state index < -0.39 is 8.15 Å². The van der Waals surface area contributed by atoms with Crippen molar-refractivity contribution in [2.45, 2.75) is 33.0 Å². The Morgan fingerprint density at radius 2 is 1.57 bits per heavy atom. The largest absolute Gasteiger partial charge is 0.473 e. The minimum atomic E-state index is -1.02. The third-order valence-electron chi connectivity index (χ3n) is 7.69. The SMILES string of the molecule is C/C=C\C=C(/C1C(C)CC1C)N1COc2ccccc2C1P1Oc2ccccc2-c2ccccc21. The molecule has 0 radical (unpaired) electrons. The molecule has 4 atom stereocenters. The average Bonchev–Trinajstić information content (AvgIpc) is 2.90. The van der Waals surface area contributed by atoms with E-state index in [-0.39, 0.29) is 5.78 Å². The first kappa shape index (κ1) is 22.4. The Kier molecular flexibility index (Phi) is 5.90. The van der Waals surface area contributed by atoms with Crippen LogP contribution in [0, 0.1) is 17.8 Å². The number of para-hydroxylation sites is 2. The fraction of sp³-hybridized carbons (Fsp3) is 0.290. The summed E-state index contributed by atoms with van der Waals surface area (Å²) >= 11 is 0. The molecule has 4 unspecified atom stereocenters. The second-order valence-corrected chi connectivity index (χ2v) is 11.7. The van der Waals surface area contributed by atoms with Crippen LogP contribution in [0.4, 0.5) is 0 Å². The Hall–Kier alpha value is -3.03. The summed E-state index contributed by atoms with van der Waals surface area (Å²) in [6.45, 7) is 7.39. The average molecular weight is 482 g/mol. The Morgan fingerprint density at radius 3 is 2.34 bits per heavy atom. The summed E-state index contributed by atoms with van der Waals surface area (Å²) in [7, 11) is -1.02. The summed E-state index contributed by atoms with van der Waals surface area (Å²) in [5, 5.41) is 1.30. The summed E-state index contributed by atoms with van der Waals surface area (Å²) in [5.74, 6) is 3.85. The highest BCUT2D eigenvalue weighted by atomic mass is 31.1. The number of nitrogens with zero attached hydrogens (tertiary/aromatic N) is 1. The zero-order valence-electron chi connectivity index (χ0n) is 20.6. The first-order valence-corrected chi connectivity index (χ1v) is 14.0. The molecule has 0 spiro atoms. The molecule has 6 rings (SSSR count). The maximum atomic E-state index is 6.95. The molecule has 0 saturated heterocycles. The van der Waals surface area contributed by atoms with Crippen molar-refractivity contribution in [3.63, 3.8) is 0 Å². The smallest absolute Gasteiger partial charge is 0.162 e. The van der Waals surface area contributed by atoms with Crippen molar-refractivity contribution in [1.29, 1.82) is 0 Å². The molecule has 0 N–H and O–H groups in total. The van der Waals surface area contributed by atoms with E-state index in [9.17, 15) is 0 Å².